The van der Waals surface area contributed by atoms with Gasteiger partial charge in [0, 0.05) is 12.5 Å². The lowest BCUT2D eigenvalue weighted by Gasteiger charge is -2.26. The standard InChI is InChI=1S/C24H23F5NO6P/c1-13(23(31)34-12-24(2,3)33-4)30-37(32,35-16-11-7-9-14-8-5-6-10-15(14)16)36-22-20(28)18(26)17(25)19(27)21(22)29/h5-11,13H,12H2,1-4H3,(H,30,32)/t13-,37?/m0/s1. The normalized spacial score (nSPS) is 14.2. The van der Waals surface area contributed by atoms with Crippen molar-refractivity contribution in [3.63, 3.8) is 0 Å². The molecule has 1 N–H and O–H groups in total. The molecule has 7 nitrogen and oxygen atoms in total. The molecule has 0 aliphatic carbocycles. The molecule has 37 heavy (non-hydrogen) atoms. The second kappa shape index (κ2) is 11.0. The van der Waals surface area contributed by atoms with E-state index in [-0.39, 0.29) is 12.4 Å². The topological polar surface area (TPSA) is 83.1 Å². The summed E-state index contributed by atoms with van der Waals surface area (Å²) in [5.74, 6) is -14.8. The number of rotatable bonds is 10. The van der Waals surface area contributed by atoms with Crippen LogP contribution in [-0.2, 0) is 18.8 Å². The van der Waals surface area contributed by atoms with Crippen molar-refractivity contribution in [3.05, 3.63) is 71.6 Å². The van der Waals surface area contributed by atoms with Crippen LogP contribution < -0.4 is 14.1 Å². The number of carbonyl (C=O) groups is 1. The molecule has 0 aliphatic rings. The van der Waals surface area contributed by atoms with Crippen LogP contribution in [0.5, 0.6) is 11.5 Å². The van der Waals surface area contributed by atoms with Crippen molar-refractivity contribution >= 4 is 24.5 Å². The third-order valence-corrected chi connectivity index (χ3v) is 6.73. The van der Waals surface area contributed by atoms with E-state index in [1.54, 1.807) is 44.2 Å². The van der Waals surface area contributed by atoms with Crippen LogP contribution in [0.2, 0.25) is 0 Å². The molecular weight excluding hydrogens is 524 g/mol. The first kappa shape index (κ1) is 28.4. The van der Waals surface area contributed by atoms with Crippen molar-refractivity contribution in [2.75, 3.05) is 13.7 Å². The van der Waals surface area contributed by atoms with E-state index in [9.17, 15) is 31.3 Å². The summed E-state index contributed by atoms with van der Waals surface area (Å²) in [7, 11) is -3.69. The Morgan fingerprint density at radius 2 is 1.49 bits per heavy atom. The molecule has 0 saturated carbocycles. The Morgan fingerprint density at radius 3 is 2.11 bits per heavy atom. The van der Waals surface area contributed by atoms with Gasteiger partial charge < -0.3 is 18.5 Å². The second-order valence-electron chi connectivity index (χ2n) is 8.48. The number of nitrogens with one attached hydrogen (secondary N) is 1. The van der Waals surface area contributed by atoms with Crippen molar-refractivity contribution in [3.8, 4) is 11.5 Å². The Hall–Kier alpha value is -3.21. The molecule has 2 atom stereocenters. The largest absolute Gasteiger partial charge is 0.513 e. The predicted molar refractivity (Wildman–Crippen MR) is 124 cm³/mol. The fraction of sp³-hybridized carbons (Fsp3) is 0.292. The van der Waals surface area contributed by atoms with Crippen LogP contribution in [0.1, 0.15) is 20.8 Å². The average molecular weight is 547 g/mol. The molecule has 3 aromatic carbocycles. The lowest BCUT2D eigenvalue weighted by atomic mass is 10.1. The van der Waals surface area contributed by atoms with E-state index >= 15 is 0 Å². The van der Waals surface area contributed by atoms with Gasteiger partial charge in [0.25, 0.3) is 0 Å². The quantitative estimate of drug-likeness (QED) is 0.109. The fourth-order valence-corrected chi connectivity index (χ4v) is 4.52. The van der Waals surface area contributed by atoms with Gasteiger partial charge in [0.2, 0.25) is 34.8 Å². The van der Waals surface area contributed by atoms with Crippen molar-refractivity contribution in [1.29, 1.82) is 0 Å². The molecule has 0 spiro atoms. The van der Waals surface area contributed by atoms with Crippen LogP contribution in [-0.4, -0.2) is 31.3 Å². The van der Waals surface area contributed by atoms with Crippen molar-refractivity contribution in [2.45, 2.75) is 32.4 Å². The zero-order valence-corrected chi connectivity index (χ0v) is 21.0. The first-order valence-electron chi connectivity index (χ1n) is 10.8. The minimum Gasteiger partial charge on any atom is -0.461 e. The molecule has 0 fully saturated rings. The zero-order chi connectivity index (χ0) is 27.5. The first-order chi connectivity index (χ1) is 17.3. The number of fused-ring (bicyclic) bond motifs is 1. The number of methoxy groups -OCH3 is 1. The lowest BCUT2D eigenvalue weighted by molar-refractivity contribution is -0.153. The molecule has 0 saturated heterocycles. The molecule has 13 heteroatoms. The summed E-state index contributed by atoms with van der Waals surface area (Å²) in [6, 6.07) is 9.61. The highest BCUT2D eigenvalue weighted by Crippen LogP contribution is 2.49. The highest BCUT2D eigenvalue weighted by Gasteiger charge is 2.39. The summed E-state index contributed by atoms with van der Waals surface area (Å²) in [5.41, 5.74) is -0.871. The van der Waals surface area contributed by atoms with E-state index in [4.69, 9.17) is 18.5 Å². The van der Waals surface area contributed by atoms with Crippen LogP contribution in [0.4, 0.5) is 22.0 Å². The Labute approximate surface area is 209 Å². The maximum atomic E-state index is 14.4. The number of carbonyl (C=O) groups excluding carboxylic acids is 1. The Morgan fingerprint density at radius 1 is 0.919 bits per heavy atom. The van der Waals surface area contributed by atoms with Gasteiger partial charge in [-0.2, -0.15) is 13.9 Å². The third kappa shape index (κ3) is 6.38. The van der Waals surface area contributed by atoms with Gasteiger partial charge in [0.1, 0.15) is 18.4 Å². The number of halogens is 5. The number of hydrogen-bond acceptors (Lipinski definition) is 6. The smallest absolute Gasteiger partial charge is 0.461 e. The van der Waals surface area contributed by atoms with Gasteiger partial charge in [0.15, 0.2) is 0 Å². The van der Waals surface area contributed by atoms with Crippen molar-refractivity contribution in [2.24, 2.45) is 0 Å². The summed E-state index contributed by atoms with van der Waals surface area (Å²) < 4.78 is 104. The number of esters is 1. The van der Waals surface area contributed by atoms with Gasteiger partial charge in [-0.25, -0.2) is 17.7 Å². The van der Waals surface area contributed by atoms with E-state index in [2.05, 4.69) is 5.09 Å². The highest BCUT2D eigenvalue weighted by atomic mass is 31.2. The van der Waals surface area contributed by atoms with Crippen LogP contribution in [0, 0.1) is 29.1 Å². The molecule has 0 amide bonds. The van der Waals surface area contributed by atoms with E-state index < -0.39 is 60.2 Å². The Bertz CT molecular complexity index is 1330. The first-order valence-corrected chi connectivity index (χ1v) is 12.3. The van der Waals surface area contributed by atoms with Crippen LogP contribution in [0.25, 0.3) is 10.8 Å². The van der Waals surface area contributed by atoms with Gasteiger partial charge in [-0.1, -0.05) is 36.4 Å². The number of benzene rings is 3. The maximum absolute atomic E-state index is 14.4. The monoisotopic (exact) mass is 547 g/mol. The zero-order valence-electron chi connectivity index (χ0n) is 20.1. The van der Waals surface area contributed by atoms with Gasteiger partial charge in [-0.05, 0) is 32.2 Å². The van der Waals surface area contributed by atoms with Crippen LogP contribution in [0.3, 0.4) is 0 Å². The Balaban J connectivity index is 2.01. The molecular formula is C24H23F5NO6P. The molecule has 200 valence electrons. The van der Waals surface area contributed by atoms with Crippen molar-refractivity contribution in [1.82, 2.24) is 5.09 Å². The highest BCUT2D eigenvalue weighted by molar-refractivity contribution is 7.52. The molecule has 3 rings (SSSR count). The summed E-state index contributed by atoms with van der Waals surface area (Å²) in [4.78, 5) is 12.5. The minimum absolute atomic E-state index is 0.126. The molecule has 0 heterocycles. The van der Waals surface area contributed by atoms with Crippen LogP contribution in [0.15, 0.2) is 42.5 Å². The maximum Gasteiger partial charge on any atom is 0.513 e. The van der Waals surface area contributed by atoms with E-state index in [1.165, 1.54) is 26.2 Å². The number of hydrogen-bond donors (Lipinski definition) is 1. The van der Waals surface area contributed by atoms with Gasteiger partial charge >= 0.3 is 13.7 Å². The van der Waals surface area contributed by atoms with Gasteiger partial charge in [-0.15, -0.1) is 0 Å². The summed E-state index contributed by atoms with van der Waals surface area (Å²) in [6.45, 7) is 4.20. The van der Waals surface area contributed by atoms with Gasteiger partial charge in [-0.3, -0.25) is 4.79 Å². The summed E-state index contributed by atoms with van der Waals surface area (Å²) in [5, 5.41) is 3.13. The fourth-order valence-electron chi connectivity index (χ4n) is 2.98. The van der Waals surface area contributed by atoms with Gasteiger partial charge in [0.05, 0.1) is 5.60 Å². The van der Waals surface area contributed by atoms with E-state index in [1.807, 2.05) is 0 Å². The molecule has 1 unspecified atom stereocenters. The Kier molecular flexibility index (Phi) is 8.46. The second-order valence-corrected chi connectivity index (χ2v) is 10.1. The average Bonchev–Trinajstić information content (AvgIpc) is 2.87. The lowest BCUT2D eigenvalue weighted by Crippen LogP contribution is -2.39. The van der Waals surface area contributed by atoms with E-state index in [0.717, 1.165) is 0 Å². The van der Waals surface area contributed by atoms with E-state index in [0.29, 0.717) is 10.8 Å². The van der Waals surface area contributed by atoms with Crippen molar-refractivity contribution < 1.29 is 49.8 Å². The van der Waals surface area contributed by atoms with Crippen LogP contribution >= 0.6 is 7.75 Å². The minimum atomic E-state index is -5.08. The molecule has 3 aromatic rings. The molecule has 0 bridgehead atoms. The number of ether oxygens (including phenoxy) is 2. The molecule has 0 aliphatic heterocycles. The molecule has 0 aromatic heterocycles. The summed E-state index contributed by atoms with van der Waals surface area (Å²) in [6.07, 6.45) is 0. The molecule has 0 radical (unpaired) electrons. The predicted octanol–water partition coefficient (Wildman–Crippen LogP) is 6.05. The SMILES string of the molecule is COC(C)(C)COC(=O)[C@H](C)NP(=O)(Oc1c(F)c(F)c(F)c(F)c1F)Oc1cccc2ccccc12. The third-order valence-electron chi connectivity index (χ3n) is 5.17. The summed E-state index contributed by atoms with van der Waals surface area (Å²) >= 11 is 0.